The summed E-state index contributed by atoms with van der Waals surface area (Å²) in [7, 11) is 1.80. The standard InChI is InChI=1S/C23H27N3O2/c1-16(2)26(3)23(28)18-10-8-17(9-11-18)14-25-22(27)13-12-19-15-24-21-7-5-4-6-20(19)21/h4-11,15-16,24H,12-14H2,1-3H3,(H,25,27). The van der Waals surface area contributed by atoms with Crippen molar-refractivity contribution in [1.82, 2.24) is 15.2 Å². The van der Waals surface area contributed by atoms with Gasteiger partial charge in [-0.25, -0.2) is 0 Å². The van der Waals surface area contributed by atoms with E-state index in [1.165, 1.54) is 5.39 Å². The molecule has 0 aliphatic carbocycles. The van der Waals surface area contributed by atoms with Crippen LogP contribution in [0.25, 0.3) is 10.9 Å². The van der Waals surface area contributed by atoms with Crippen LogP contribution < -0.4 is 5.32 Å². The molecule has 0 saturated heterocycles. The Kier molecular flexibility index (Phi) is 6.14. The van der Waals surface area contributed by atoms with Crippen molar-refractivity contribution in [1.29, 1.82) is 0 Å². The van der Waals surface area contributed by atoms with Crippen molar-refractivity contribution in [3.05, 3.63) is 71.4 Å². The minimum Gasteiger partial charge on any atom is -0.361 e. The topological polar surface area (TPSA) is 65.2 Å². The highest BCUT2D eigenvalue weighted by Gasteiger charge is 2.14. The Balaban J connectivity index is 1.50. The van der Waals surface area contributed by atoms with E-state index in [0.717, 1.165) is 16.6 Å². The highest BCUT2D eigenvalue weighted by molar-refractivity contribution is 5.94. The molecule has 0 aliphatic rings. The van der Waals surface area contributed by atoms with E-state index in [1.807, 2.05) is 62.5 Å². The molecule has 0 spiro atoms. The predicted octanol–water partition coefficient (Wildman–Crippen LogP) is 3.90. The molecule has 146 valence electrons. The van der Waals surface area contributed by atoms with E-state index in [1.54, 1.807) is 11.9 Å². The summed E-state index contributed by atoms with van der Waals surface area (Å²) in [5.41, 5.74) is 3.88. The van der Waals surface area contributed by atoms with Crippen LogP contribution in [0.1, 0.15) is 41.8 Å². The van der Waals surface area contributed by atoms with Gasteiger partial charge in [0.15, 0.2) is 0 Å². The van der Waals surface area contributed by atoms with Gasteiger partial charge in [0.1, 0.15) is 0 Å². The molecule has 3 aromatic rings. The molecule has 0 radical (unpaired) electrons. The third-order valence-electron chi connectivity index (χ3n) is 5.08. The number of amides is 2. The number of hydrogen-bond acceptors (Lipinski definition) is 2. The maximum atomic E-state index is 12.3. The molecule has 0 saturated carbocycles. The first-order chi connectivity index (χ1) is 13.5. The number of fused-ring (bicyclic) bond motifs is 1. The summed E-state index contributed by atoms with van der Waals surface area (Å²) in [5.74, 6) is 0.0225. The van der Waals surface area contributed by atoms with Crippen molar-refractivity contribution >= 4 is 22.7 Å². The second-order valence-electron chi connectivity index (χ2n) is 7.34. The SMILES string of the molecule is CC(C)N(C)C(=O)c1ccc(CNC(=O)CCc2c[nH]c3ccccc23)cc1. The molecule has 2 amide bonds. The minimum absolute atomic E-state index is 0.00400. The first-order valence-corrected chi connectivity index (χ1v) is 9.63. The van der Waals surface area contributed by atoms with Gasteiger partial charge in [-0.2, -0.15) is 0 Å². The third kappa shape index (κ3) is 4.60. The number of carbonyl (C=O) groups is 2. The van der Waals surface area contributed by atoms with Crippen LogP contribution in [-0.2, 0) is 17.8 Å². The Morgan fingerprint density at radius 3 is 2.50 bits per heavy atom. The van der Waals surface area contributed by atoms with Crippen LogP contribution in [0, 0.1) is 0 Å². The first-order valence-electron chi connectivity index (χ1n) is 9.63. The summed E-state index contributed by atoms with van der Waals surface area (Å²) >= 11 is 0. The molecule has 0 fully saturated rings. The first kappa shape index (κ1) is 19.7. The summed E-state index contributed by atoms with van der Waals surface area (Å²) in [6.07, 6.45) is 3.12. The molecule has 28 heavy (non-hydrogen) atoms. The lowest BCUT2D eigenvalue weighted by atomic mass is 10.1. The number of rotatable bonds is 7. The maximum absolute atomic E-state index is 12.3. The number of nitrogens with zero attached hydrogens (tertiary/aromatic N) is 1. The van der Waals surface area contributed by atoms with Crippen LogP contribution in [-0.4, -0.2) is 34.8 Å². The summed E-state index contributed by atoms with van der Waals surface area (Å²) in [4.78, 5) is 29.5. The molecule has 0 atom stereocenters. The normalized spacial score (nSPS) is 11.0. The smallest absolute Gasteiger partial charge is 0.253 e. The van der Waals surface area contributed by atoms with Crippen LogP contribution in [0.15, 0.2) is 54.7 Å². The van der Waals surface area contributed by atoms with E-state index in [-0.39, 0.29) is 17.9 Å². The van der Waals surface area contributed by atoms with Gasteiger partial charge in [-0.15, -0.1) is 0 Å². The molecular weight excluding hydrogens is 350 g/mol. The molecule has 5 nitrogen and oxygen atoms in total. The number of hydrogen-bond donors (Lipinski definition) is 2. The molecule has 0 bridgehead atoms. The van der Waals surface area contributed by atoms with Gasteiger partial charge in [0, 0.05) is 48.7 Å². The van der Waals surface area contributed by atoms with Gasteiger partial charge >= 0.3 is 0 Å². The Labute approximate surface area is 165 Å². The van der Waals surface area contributed by atoms with E-state index < -0.39 is 0 Å². The predicted molar refractivity (Wildman–Crippen MR) is 112 cm³/mol. The summed E-state index contributed by atoms with van der Waals surface area (Å²) < 4.78 is 0. The minimum atomic E-state index is 0.00400. The van der Waals surface area contributed by atoms with Crippen LogP contribution in [0.5, 0.6) is 0 Å². The van der Waals surface area contributed by atoms with Gasteiger partial charge in [0.25, 0.3) is 5.91 Å². The molecule has 2 aromatic carbocycles. The second-order valence-corrected chi connectivity index (χ2v) is 7.34. The Hall–Kier alpha value is -3.08. The Morgan fingerprint density at radius 1 is 1.07 bits per heavy atom. The number of aryl methyl sites for hydroxylation is 1. The van der Waals surface area contributed by atoms with Crippen LogP contribution >= 0.6 is 0 Å². The van der Waals surface area contributed by atoms with Crippen molar-refractivity contribution in [2.75, 3.05) is 7.05 Å². The van der Waals surface area contributed by atoms with E-state index in [9.17, 15) is 9.59 Å². The van der Waals surface area contributed by atoms with Crippen LogP contribution in [0.3, 0.4) is 0 Å². The third-order valence-corrected chi connectivity index (χ3v) is 5.08. The van der Waals surface area contributed by atoms with Gasteiger partial charge in [0.2, 0.25) is 5.91 Å². The van der Waals surface area contributed by atoms with Crippen molar-refractivity contribution < 1.29 is 9.59 Å². The number of carbonyl (C=O) groups excluding carboxylic acids is 2. The highest BCUT2D eigenvalue weighted by atomic mass is 16.2. The summed E-state index contributed by atoms with van der Waals surface area (Å²) in [6, 6.07) is 15.7. The lowest BCUT2D eigenvalue weighted by Gasteiger charge is -2.21. The van der Waals surface area contributed by atoms with Gasteiger partial charge in [-0.1, -0.05) is 30.3 Å². The Morgan fingerprint density at radius 2 is 1.79 bits per heavy atom. The zero-order valence-corrected chi connectivity index (χ0v) is 16.7. The molecule has 1 heterocycles. The molecule has 3 rings (SSSR count). The number of para-hydroxylation sites is 1. The number of nitrogens with one attached hydrogen (secondary N) is 2. The molecule has 5 heteroatoms. The number of aromatic amines is 1. The zero-order chi connectivity index (χ0) is 20.1. The fourth-order valence-corrected chi connectivity index (χ4v) is 3.08. The fraction of sp³-hybridized carbons (Fsp3) is 0.304. The second kappa shape index (κ2) is 8.74. The van der Waals surface area contributed by atoms with Crippen LogP contribution in [0.2, 0.25) is 0 Å². The van der Waals surface area contributed by atoms with E-state index in [0.29, 0.717) is 24.9 Å². The molecule has 0 aliphatic heterocycles. The quantitative estimate of drug-likeness (QED) is 0.656. The Bertz CT molecular complexity index is 957. The van der Waals surface area contributed by atoms with Crippen LogP contribution in [0.4, 0.5) is 0 Å². The number of H-pyrrole nitrogens is 1. The van der Waals surface area contributed by atoms with E-state index >= 15 is 0 Å². The van der Waals surface area contributed by atoms with Gasteiger partial charge in [-0.05, 0) is 49.6 Å². The number of benzene rings is 2. The fourth-order valence-electron chi connectivity index (χ4n) is 3.08. The molecule has 1 aromatic heterocycles. The molecule has 2 N–H and O–H groups in total. The van der Waals surface area contributed by atoms with Gasteiger partial charge in [0.05, 0.1) is 0 Å². The van der Waals surface area contributed by atoms with Gasteiger partial charge in [-0.3, -0.25) is 9.59 Å². The number of aromatic nitrogens is 1. The van der Waals surface area contributed by atoms with Crippen molar-refractivity contribution in [3.63, 3.8) is 0 Å². The van der Waals surface area contributed by atoms with Crippen molar-refractivity contribution in [3.8, 4) is 0 Å². The lowest BCUT2D eigenvalue weighted by Crippen LogP contribution is -2.32. The van der Waals surface area contributed by atoms with Crippen molar-refractivity contribution in [2.24, 2.45) is 0 Å². The van der Waals surface area contributed by atoms with Gasteiger partial charge < -0.3 is 15.2 Å². The summed E-state index contributed by atoms with van der Waals surface area (Å²) in [5, 5.41) is 4.12. The van der Waals surface area contributed by atoms with Crippen molar-refractivity contribution in [2.45, 2.75) is 39.3 Å². The largest absolute Gasteiger partial charge is 0.361 e. The average Bonchev–Trinajstić information content (AvgIpc) is 3.13. The van der Waals surface area contributed by atoms with E-state index in [2.05, 4.69) is 16.4 Å². The monoisotopic (exact) mass is 377 g/mol. The highest BCUT2D eigenvalue weighted by Crippen LogP contribution is 2.19. The summed E-state index contributed by atoms with van der Waals surface area (Å²) in [6.45, 7) is 4.43. The maximum Gasteiger partial charge on any atom is 0.253 e. The average molecular weight is 377 g/mol. The van der Waals surface area contributed by atoms with E-state index in [4.69, 9.17) is 0 Å². The molecular formula is C23H27N3O2. The lowest BCUT2D eigenvalue weighted by molar-refractivity contribution is -0.121. The molecule has 0 unspecified atom stereocenters. The zero-order valence-electron chi connectivity index (χ0n) is 16.7.